The molecule has 17 heavy (non-hydrogen) atoms. The third-order valence-electron chi connectivity index (χ3n) is 4.47. The molecule has 0 spiro atoms. The Balaban J connectivity index is 1.90. The first kappa shape index (κ1) is 13.3. The van der Waals surface area contributed by atoms with Crippen molar-refractivity contribution >= 4 is 0 Å². The van der Waals surface area contributed by atoms with Crippen molar-refractivity contribution in [3.05, 3.63) is 0 Å². The molecular formula is C14H28N2O. The number of nitrogens with one attached hydrogen (secondary N) is 1. The normalized spacial score (nSPS) is 30.4. The van der Waals surface area contributed by atoms with Gasteiger partial charge in [-0.1, -0.05) is 25.7 Å². The highest BCUT2D eigenvalue weighted by atomic mass is 16.3. The Bertz CT molecular complexity index is 224. The summed E-state index contributed by atoms with van der Waals surface area (Å²) >= 11 is 0. The SMILES string of the molecule is CNCC1CCCCN1CC1(O)CCCCC1. The number of aliphatic hydroxyl groups is 1. The van der Waals surface area contributed by atoms with Gasteiger partial charge >= 0.3 is 0 Å². The van der Waals surface area contributed by atoms with E-state index >= 15 is 0 Å². The predicted molar refractivity (Wildman–Crippen MR) is 71.2 cm³/mol. The Morgan fingerprint density at radius 2 is 1.94 bits per heavy atom. The van der Waals surface area contributed by atoms with E-state index in [1.165, 1.54) is 45.1 Å². The highest BCUT2D eigenvalue weighted by Crippen LogP contribution is 2.30. The average molecular weight is 240 g/mol. The predicted octanol–water partition coefficient (Wildman–Crippen LogP) is 1.76. The van der Waals surface area contributed by atoms with E-state index in [4.69, 9.17) is 0 Å². The van der Waals surface area contributed by atoms with Gasteiger partial charge in [0.1, 0.15) is 0 Å². The minimum atomic E-state index is -0.387. The quantitative estimate of drug-likeness (QED) is 0.786. The second kappa shape index (κ2) is 6.17. The lowest BCUT2D eigenvalue weighted by molar-refractivity contribution is -0.0416. The maximum atomic E-state index is 10.6. The molecule has 2 aliphatic rings. The van der Waals surface area contributed by atoms with Crippen molar-refractivity contribution in [3.63, 3.8) is 0 Å². The Hall–Kier alpha value is -0.120. The number of likely N-dealkylation sites (tertiary alicyclic amines) is 1. The van der Waals surface area contributed by atoms with E-state index in [0.29, 0.717) is 6.04 Å². The molecule has 1 atom stereocenters. The van der Waals surface area contributed by atoms with E-state index in [2.05, 4.69) is 10.2 Å². The Morgan fingerprint density at radius 3 is 2.65 bits per heavy atom. The second-order valence-electron chi connectivity index (χ2n) is 5.96. The summed E-state index contributed by atoms with van der Waals surface area (Å²) in [5.41, 5.74) is -0.387. The topological polar surface area (TPSA) is 35.5 Å². The molecule has 3 nitrogen and oxygen atoms in total. The van der Waals surface area contributed by atoms with Crippen LogP contribution in [-0.2, 0) is 0 Å². The summed E-state index contributed by atoms with van der Waals surface area (Å²) in [6, 6.07) is 0.639. The number of hydrogen-bond donors (Lipinski definition) is 2. The van der Waals surface area contributed by atoms with Crippen molar-refractivity contribution in [3.8, 4) is 0 Å². The summed E-state index contributed by atoms with van der Waals surface area (Å²) < 4.78 is 0. The molecule has 1 heterocycles. The average Bonchev–Trinajstić information content (AvgIpc) is 2.32. The first-order valence-electron chi connectivity index (χ1n) is 7.34. The molecule has 3 heteroatoms. The molecule has 2 fully saturated rings. The summed E-state index contributed by atoms with van der Waals surface area (Å²) in [4.78, 5) is 2.53. The molecule has 0 bridgehead atoms. The molecule has 0 aromatic rings. The maximum absolute atomic E-state index is 10.6. The zero-order chi connectivity index (χ0) is 12.1. The van der Waals surface area contributed by atoms with Crippen LogP contribution >= 0.6 is 0 Å². The van der Waals surface area contributed by atoms with E-state index in [-0.39, 0.29) is 5.60 Å². The molecule has 1 saturated heterocycles. The van der Waals surface area contributed by atoms with Gasteiger partial charge in [-0.2, -0.15) is 0 Å². The molecule has 1 saturated carbocycles. The lowest BCUT2D eigenvalue weighted by Gasteiger charge is -2.42. The number of hydrogen-bond acceptors (Lipinski definition) is 3. The molecule has 2 N–H and O–H groups in total. The summed E-state index contributed by atoms with van der Waals surface area (Å²) in [5, 5.41) is 13.9. The van der Waals surface area contributed by atoms with Crippen LogP contribution in [0, 0.1) is 0 Å². The van der Waals surface area contributed by atoms with Crippen LogP contribution in [0.2, 0.25) is 0 Å². The molecule has 0 amide bonds. The fraction of sp³-hybridized carbons (Fsp3) is 1.00. The standard InChI is InChI=1S/C14H28N2O/c1-15-11-13-7-3-6-10-16(13)12-14(17)8-4-2-5-9-14/h13,15,17H,2-12H2,1H3. The van der Waals surface area contributed by atoms with Gasteiger partial charge in [-0.15, -0.1) is 0 Å². The van der Waals surface area contributed by atoms with Crippen LogP contribution in [0.1, 0.15) is 51.4 Å². The lowest BCUT2D eigenvalue weighted by Crippen LogP contribution is -2.52. The highest BCUT2D eigenvalue weighted by molar-refractivity contribution is 4.89. The van der Waals surface area contributed by atoms with E-state index in [1.807, 2.05) is 7.05 Å². The highest BCUT2D eigenvalue weighted by Gasteiger charge is 2.34. The molecule has 0 radical (unpaired) electrons. The van der Waals surface area contributed by atoms with Crippen LogP contribution in [0.4, 0.5) is 0 Å². The third kappa shape index (κ3) is 3.67. The van der Waals surface area contributed by atoms with Gasteiger partial charge in [-0.05, 0) is 39.3 Å². The van der Waals surface area contributed by atoms with E-state index in [9.17, 15) is 5.11 Å². The first-order valence-corrected chi connectivity index (χ1v) is 7.34. The van der Waals surface area contributed by atoms with Gasteiger partial charge in [0.05, 0.1) is 5.60 Å². The Labute approximate surface area is 106 Å². The third-order valence-corrected chi connectivity index (χ3v) is 4.47. The van der Waals surface area contributed by atoms with Crippen LogP contribution in [0.5, 0.6) is 0 Å². The fourth-order valence-corrected chi connectivity index (χ4v) is 3.48. The Morgan fingerprint density at radius 1 is 1.18 bits per heavy atom. The lowest BCUT2D eigenvalue weighted by atomic mass is 9.83. The van der Waals surface area contributed by atoms with Gasteiger partial charge < -0.3 is 10.4 Å². The van der Waals surface area contributed by atoms with Gasteiger partial charge in [-0.25, -0.2) is 0 Å². The molecule has 2 rings (SSSR count). The molecule has 0 aromatic carbocycles. The summed E-state index contributed by atoms with van der Waals surface area (Å²) in [6.07, 6.45) is 9.68. The van der Waals surface area contributed by atoms with E-state index in [0.717, 1.165) is 25.9 Å². The van der Waals surface area contributed by atoms with E-state index < -0.39 is 0 Å². The second-order valence-corrected chi connectivity index (χ2v) is 5.96. The number of rotatable bonds is 4. The molecule has 1 aliphatic carbocycles. The summed E-state index contributed by atoms with van der Waals surface area (Å²) in [7, 11) is 2.03. The fourth-order valence-electron chi connectivity index (χ4n) is 3.48. The minimum Gasteiger partial charge on any atom is -0.389 e. The van der Waals surface area contributed by atoms with E-state index in [1.54, 1.807) is 0 Å². The zero-order valence-corrected chi connectivity index (χ0v) is 11.2. The van der Waals surface area contributed by atoms with Crippen LogP contribution < -0.4 is 5.32 Å². The molecule has 100 valence electrons. The number of nitrogens with zero attached hydrogens (tertiary/aromatic N) is 1. The van der Waals surface area contributed by atoms with Crippen LogP contribution in [0.15, 0.2) is 0 Å². The van der Waals surface area contributed by atoms with Crippen molar-refractivity contribution in [1.82, 2.24) is 10.2 Å². The molecule has 1 unspecified atom stereocenters. The zero-order valence-electron chi connectivity index (χ0n) is 11.2. The minimum absolute atomic E-state index is 0.387. The van der Waals surface area contributed by atoms with Gasteiger partial charge in [-0.3, -0.25) is 4.90 Å². The number of likely N-dealkylation sites (N-methyl/N-ethyl adjacent to an activating group) is 1. The van der Waals surface area contributed by atoms with Crippen molar-refractivity contribution in [2.45, 2.75) is 63.0 Å². The monoisotopic (exact) mass is 240 g/mol. The molecule has 1 aliphatic heterocycles. The summed E-state index contributed by atoms with van der Waals surface area (Å²) in [6.45, 7) is 3.14. The van der Waals surface area contributed by atoms with Crippen molar-refractivity contribution < 1.29 is 5.11 Å². The first-order chi connectivity index (χ1) is 8.23. The molecule has 0 aromatic heterocycles. The largest absolute Gasteiger partial charge is 0.389 e. The van der Waals surface area contributed by atoms with Crippen LogP contribution in [0.25, 0.3) is 0 Å². The number of β-amino-alcohol motifs (C(OH)–C–C–N with tert-alkyl or cyclic N) is 1. The van der Waals surface area contributed by atoms with Crippen molar-refractivity contribution in [2.24, 2.45) is 0 Å². The maximum Gasteiger partial charge on any atom is 0.0774 e. The van der Waals surface area contributed by atoms with Gasteiger partial charge in [0, 0.05) is 19.1 Å². The summed E-state index contributed by atoms with van der Waals surface area (Å²) in [5.74, 6) is 0. The van der Waals surface area contributed by atoms with Gasteiger partial charge in [0.2, 0.25) is 0 Å². The van der Waals surface area contributed by atoms with Gasteiger partial charge in [0.15, 0.2) is 0 Å². The van der Waals surface area contributed by atoms with Crippen LogP contribution in [0.3, 0.4) is 0 Å². The van der Waals surface area contributed by atoms with Crippen molar-refractivity contribution in [1.29, 1.82) is 0 Å². The van der Waals surface area contributed by atoms with Crippen LogP contribution in [-0.4, -0.2) is 48.3 Å². The van der Waals surface area contributed by atoms with Gasteiger partial charge in [0.25, 0.3) is 0 Å². The van der Waals surface area contributed by atoms with Crippen molar-refractivity contribution in [2.75, 3.05) is 26.7 Å². The smallest absolute Gasteiger partial charge is 0.0774 e. The molecular weight excluding hydrogens is 212 g/mol. The Kier molecular flexibility index (Phi) is 4.83. The number of piperidine rings is 1.